The van der Waals surface area contributed by atoms with Gasteiger partial charge in [-0.05, 0) is 27.7 Å². The fourth-order valence-electron chi connectivity index (χ4n) is 2.50. The molecule has 0 bridgehead atoms. The van der Waals surface area contributed by atoms with Gasteiger partial charge in [-0.1, -0.05) is 0 Å². The number of nitrogens with zero attached hydrogens (tertiary/aromatic N) is 3. The molecule has 18 heavy (non-hydrogen) atoms. The van der Waals surface area contributed by atoms with Crippen LogP contribution < -0.4 is 0 Å². The predicted molar refractivity (Wildman–Crippen MR) is 73.6 cm³/mol. The second kappa shape index (κ2) is 4.97. The van der Waals surface area contributed by atoms with Gasteiger partial charge in [0.1, 0.15) is 5.01 Å². The SMILES string of the molecule is Cc1csc(CN2[C@H](C)C(=O)N(C)[C@@H](C)[C@H]2C)n1. The number of aromatic nitrogens is 1. The van der Waals surface area contributed by atoms with Gasteiger partial charge in [-0.3, -0.25) is 9.69 Å². The summed E-state index contributed by atoms with van der Waals surface area (Å²) in [5.74, 6) is 0.203. The maximum Gasteiger partial charge on any atom is 0.239 e. The van der Waals surface area contributed by atoms with Crippen LogP contribution in [0, 0.1) is 6.92 Å². The molecule has 0 saturated carbocycles. The van der Waals surface area contributed by atoms with Gasteiger partial charge in [0.2, 0.25) is 5.91 Å². The number of carbonyl (C=O) groups is 1. The van der Waals surface area contributed by atoms with Gasteiger partial charge >= 0.3 is 0 Å². The minimum absolute atomic E-state index is 0.0644. The second-order valence-electron chi connectivity index (χ2n) is 5.16. The maximum absolute atomic E-state index is 12.2. The average Bonchev–Trinajstić information content (AvgIpc) is 2.75. The molecule has 2 rings (SSSR count). The molecule has 0 aliphatic carbocycles. The number of hydrogen-bond acceptors (Lipinski definition) is 4. The number of rotatable bonds is 2. The molecule has 4 nitrogen and oxygen atoms in total. The fourth-order valence-corrected chi connectivity index (χ4v) is 3.28. The van der Waals surface area contributed by atoms with Gasteiger partial charge in [-0.2, -0.15) is 0 Å². The van der Waals surface area contributed by atoms with Crippen molar-refractivity contribution in [2.45, 2.75) is 52.4 Å². The Kier molecular flexibility index (Phi) is 3.73. The minimum Gasteiger partial charge on any atom is -0.340 e. The van der Waals surface area contributed by atoms with Crippen LogP contribution in [0.15, 0.2) is 5.38 Å². The Labute approximate surface area is 113 Å². The Hall–Kier alpha value is -0.940. The zero-order chi connectivity index (χ0) is 13.4. The molecule has 1 amide bonds. The lowest BCUT2D eigenvalue weighted by atomic mass is 10.0. The van der Waals surface area contributed by atoms with E-state index in [-0.39, 0.29) is 18.0 Å². The zero-order valence-electron chi connectivity index (χ0n) is 11.7. The highest BCUT2D eigenvalue weighted by molar-refractivity contribution is 7.09. The molecular weight excluding hydrogens is 246 g/mol. The molecule has 0 radical (unpaired) electrons. The molecule has 5 heteroatoms. The van der Waals surface area contributed by atoms with Crippen molar-refractivity contribution in [3.63, 3.8) is 0 Å². The van der Waals surface area contributed by atoms with Crippen LogP contribution in [-0.4, -0.2) is 45.9 Å². The summed E-state index contributed by atoms with van der Waals surface area (Å²) in [4.78, 5) is 20.8. The van der Waals surface area contributed by atoms with E-state index in [9.17, 15) is 4.79 Å². The highest BCUT2D eigenvalue weighted by atomic mass is 32.1. The fraction of sp³-hybridized carbons (Fsp3) is 0.692. The molecule has 2 heterocycles. The monoisotopic (exact) mass is 267 g/mol. The quantitative estimate of drug-likeness (QED) is 0.821. The minimum atomic E-state index is -0.0644. The van der Waals surface area contributed by atoms with E-state index in [1.165, 1.54) is 0 Å². The van der Waals surface area contributed by atoms with E-state index in [1.54, 1.807) is 11.3 Å². The average molecular weight is 267 g/mol. The summed E-state index contributed by atoms with van der Waals surface area (Å²) in [6, 6.07) is 0.534. The van der Waals surface area contributed by atoms with Crippen molar-refractivity contribution in [2.75, 3.05) is 7.05 Å². The van der Waals surface area contributed by atoms with Crippen molar-refractivity contribution in [3.05, 3.63) is 16.1 Å². The highest BCUT2D eigenvalue weighted by Crippen LogP contribution is 2.24. The van der Waals surface area contributed by atoms with Crippen LogP contribution in [0.25, 0.3) is 0 Å². The summed E-state index contributed by atoms with van der Waals surface area (Å²) in [6.45, 7) is 9.05. The Balaban J connectivity index is 2.18. The third-order valence-corrected chi connectivity index (χ3v) is 4.97. The lowest BCUT2D eigenvalue weighted by Crippen LogP contribution is -2.62. The van der Waals surface area contributed by atoms with E-state index in [0.29, 0.717) is 6.04 Å². The highest BCUT2D eigenvalue weighted by Gasteiger charge is 2.39. The van der Waals surface area contributed by atoms with Crippen LogP contribution in [0.1, 0.15) is 31.5 Å². The maximum atomic E-state index is 12.2. The number of amides is 1. The van der Waals surface area contributed by atoms with Gasteiger partial charge < -0.3 is 4.90 Å². The zero-order valence-corrected chi connectivity index (χ0v) is 12.5. The van der Waals surface area contributed by atoms with Gasteiger partial charge in [0.25, 0.3) is 0 Å². The van der Waals surface area contributed by atoms with E-state index in [1.807, 2.05) is 25.8 Å². The van der Waals surface area contributed by atoms with Crippen LogP contribution in [-0.2, 0) is 11.3 Å². The molecule has 1 saturated heterocycles. The van der Waals surface area contributed by atoms with Crippen molar-refractivity contribution in [1.82, 2.24) is 14.8 Å². The first kappa shape index (κ1) is 13.5. The van der Waals surface area contributed by atoms with Crippen molar-refractivity contribution in [2.24, 2.45) is 0 Å². The van der Waals surface area contributed by atoms with E-state index in [2.05, 4.69) is 29.1 Å². The van der Waals surface area contributed by atoms with Crippen molar-refractivity contribution in [3.8, 4) is 0 Å². The van der Waals surface area contributed by atoms with Gasteiger partial charge in [0.15, 0.2) is 0 Å². The molecular formula is C13H21N3OS. The summed E-state index contributed by atoms with van der Waals surface area (Å²) in [5, 5.41) is 3.15. The molecule has 0 aromatic carbocycles. The van der Waals surface area contributed by atoms with Gasteiger partial charge in [-0.15, -0.1) is 11.3 Å². The molecule has 1 fully saturated rings. The molecule has 1 aromatic heterocycles. The Bertz CT molecular complexity index is 445. The lowest BCUT2D eigenvalue weighted by Gasteiger charge is -2.46. The standard InChI is InChI=1S/C13H21N3OS/c1-8-7-18-12(14-8)6-16-10(3)9(2)15(5)13(17)11(16)4/h7,9-11H,6H2,1-5H3/t9-,10+,11+/m0/s1. The number of piperazine rings is 1. The smallest absolute Gasteiger partial charge is 0.239 e. The number of hydrogen-bond donors (Lipinski definition) is 0. The van der Waals surface area contributed by atoms with E-state index in [0.717, 1.165) is 17.2 Å². The van der Waals surface area contributed by atoms with Crippen molar-refractivity contribution >= 4 is 17.2 Å². The number of thiazole rings is 1. The summed E-state index contributed by atoms with van der Waals surface area (Å²) < 4.78 is 0. The first-order valence-electron chi connectivity index (χ1n) is 6.35. The third kappa shape index (κ3) is 2.29. The Morgan fingerprint density at radius 2 is 2.00 bits per heavy atom. The largest absolute Gasteiger partial charge is 0.340 e. The molecule has 0 spiro atoms. The number of likely N-dealkylation sites (N-methyl/N-ethyl adjacent to an activating group) is 1. The van der Waals surface area contributed by atoms with Gasteiger partial charge in [0.05, 0.1) is 12.6 Å². The third-order valence-electron chi connectivity index (χ3n) is 4.02. The molecule has 1 aliphatic rings. The van der Waals surface area contributed by atoms with Crippen molar-refractivity contribution in [1.29, 1.82) is 0 Å². The number of aryl methyl sites for hydroxylation is 1. The van der Waals surface area contributed by atoms with Gasteiger partial charge in [0, 0.05) is 30.2 Å². The molecule has 0 unspecified atom stereocenters. The van der Waals surface area contributed by atoms with Crippen molar-refractivity contribution < 1.29 is 4.79 Å². The van der Waals surface area contributed by atoms with Crippen LogP contribution in [0.3, 0.4) is 0 Å². The molecule has 1 aliphatic heterocycles. The molecule has 0 N–H and O–H groups in total. The normalized spacial score (nSPS) is 29.9. The predicted octanol–water partition coefficient (Wildman–Crippen LogP) is 1.89. The van der Waals surface area contributed by atoms with E-state index < -0.39 is 0 Å². The van der Waals surface area contributed by atoms with Crippen LogP contribution >= 0.6 is 11.3 Å². The summed E-state index contributed by atoms with van der Waals surface area (Å²) in [5.41, 5.74) is 1.06. The van der Waals surface area contributed by atoms with E-state index in [4.69, 9.17) is 0 Å². The summed E-state index contributed by atoms with van der Waals surface area (Å²) in [7, 11) is 1.89. The second-order valence-corrected chi connectivity index (χ2v) is 6.10. The van der Waals surface area contributed by atoms with E-state index >= 15 is 0 Å². The Morgan fingerprint density at radius 3 is 2.56 bits per heavy atom. The topological polar surface area (TPSA) is 36.4 Å². The lowest BCUT2D eigenvalue weighted by molar-refractivity contribution is -0.146. The van der Waals surface area contributed by atoms with Crippen LogP contribution in [0.4, 0.5) is 0 Å². The summed E-state index contributed by atoms with van der Waals surface area (Å²) in [6.07, 6.45) is 0. The van der Waals surface area contributed by atoms with Crippen LogP contribution in [0.5, 0.6) is 0 Å². The summed E-state index contributed by atoms with van der Waals surface area (Å²) >= 11 is 1.67. The Morgan fingerprint density at radius 1 is 1.33 bits per heavy atom. The van der Waals surface area contributed by atoms with Gasteiger partial charge in [-0.25, -0.2) is 4.98 Å². The molecule has 3 atom stereocenters. The first-order chi connectivity index (χ1) is 8.41. The number of carbonyl (C=O) groups excluding carboxylic acids is 1. The first-order valence-corrected chi connectivity index (χ1v) is 7.23. The molecule has 100 valence electrons. The van der Waals surface area contributed by atoms with Crippen LogP contribution in [0.2, 0.25) is 0 Å². The molecule has 1 aromatic rings.